The van der Waals surface area contributed by atoms with E-state index in [1.54, 1.807) is 7.11 Å². The number of rotatable bonds is 2. The van der Waals surface area contributed by atoms with Crippen LogP contribution in [0.25, 0.3) is 11.6 Å². The Labute approximate surface area is 123 Å². The monoisotopic (exact) mass is 282 g/mol. The molecule has 1 aromatic rings. The molecule has 0 spiro atoms. The molecule has 0 saturated heterocycles. The minimum Gasteiger partial charge on any atom is -0.504 e. The van der Waals surface area contributed by atoms with Crippen LogP contribution in [0.3, 0.4) is 0 Å². The first kappa shape index (κ1) is 14.7. The van der Waals surface area contributed by atoms with E-state index in [9.17, 15) is 0 Å². The highest BCUT2D eigenvalue weighted by Gasteiger charge is 2.11. The fourth-order valence-electron chi connectivity index (χ4n) is 2.15. The molecule has 20 heavy (non-hydrogen) atoms. The summed E-state index contributed by atoms with van der Waals surface area (Å²) in [6, 6.07) is 7.48. The van der Waals surface area contributed by atoms with Crippen molar-refractivity contribution in [1.29, 1.82) is 0 Å². The molecule has 0 atom stereocenters. The maximum Gasteiger partial charge on any atom is 0.0865 e. The summed E-state index contributed by atoms with van der Waals surface area (Å²) < 4.78 is 5.18. The van der Waals surface area contributed by atoms with Crippen molar-refractivity contribution >= 4 is 19.7 Å². The van der Waals surface area contributed by atoms with Gasteiger partial charge in [-0.2, -0.15) is 0 Å². The minimum atomic E-state index is -1.08. The first-order valence-electron chi connectivity index (χ1n) is 7.01. The fourth-order valence-corrected chi connectivity index (χ4v) is 2.76. The summed E-state index contributed by atoms with van der Waals surface area (Å²) in [6.45, 7) is 7.04. The van der Waals surface area contributed by atoms with E-state index in [0.29, 0.717) is 0 Å². The number of ether oxygens (including phenoxy) is 1. The zero-order chi connectivity index (χ0) is 14.6. The topological polar surface area (TPSA) is 9.23 Å². The molecule has 0 aliphatic heterocycles. The molecule has 0 aromatic heterocycles. The first-order valence-corrected chi connectivity index (χ1v) is 10.7. The highest BCUT2D eigenvalue weighted by atomic mass is 28.3. The zero-order valence-electron chi connectivity index (χ0n) is 12.8. The summed E-state index contributed by atoms with van der Waals surface area (Å²) in [5.74, 6) is 6.64. The van der Waals surface area contributed by atoms with Gasteiger partial charge in [-0.05, 0) is 35.3 Å². The van der Waals surface area contributed by atoms with Crippen molar-refractivity contribution in [2.24, 2.45) is 0 Å². The lowest BCUT2D eigenvalue weighted by atomic mass is 9.91. The number of hydrogen-bond acceptors (Lipinski definition) is 1. The number of fused-ring (bicyclic) bond motifs is 1. The molecule has 1 aliphatic carbocycles. The van der Waals surface area contributed by atoms with Gasteiger partial charge in [0.05, 0.1) is 21.4 Å². The lowest BCUT2D eigenvalue weighted by Gasteiger charge is -2.14. The van der Waals surface area contributed by atoms with Gasteiger partial charge in [0, 0.05) is 11.6 Å². The highest BCUT2D eigenvalue weighted by molar-refractivity contribution is 6.76. The van der Waals surface area contributed by atoms with Crippen LogP contribution in [0.5, 0.6) is 0 Å². The second-order valence-corrected chi connectivity index (χ2v) is 11.8. The van der Waals surface area contributed by atoms with Crippen LogP contribution in [0, 0.1) is 11.8 Å². The summed E-state index contributed by atoms with van der Waals surface area (Å²) in [5, 5.41) is 0. The van der Waals surface area contributed by atoms with Gasteiger partial charge in [-0.1, -0.05) is 43.8 Å². The van der Waals surface area contributed by atoms with Gasteiger partial charge in [-0.25, -0.2) is 0 Å². The molecule has 1 aliphatic rings. The Hall–Kier alpha value is -1.72. The third-order valence-electron chi connectivity index (χ3n) is 3.15. The molecular formula is C18H22OSi. The molecule has 1 aromatic carbocycles. The van der Waals surface area contributed by atoms with Crippen molar-refractivity contribution in [3.8, 4) is 11.8 Å². The quantitative estimate of drug-likeness (QED) is 0.431. The van der Waals surface area contributed by atoms with E-state index in [1.165, 1.54) is 16.7 Å². The fraction of sp³-hybridized carbons (Fsp3) is 0.333. The van der Waals surface area contributed by atoms with Gasteiger partial charge in [0.2, 0.25) is 0 Å². The molecule has 0 amide bonds. The van der Waals surface area contributed by atoms with Crippen molar-refractivity contribution in [2.45, 2.75) is 32.1 Å². The second-order valence-electron chi connectivity index (χ2n) is 6.33. The number of hydrogen-bond donors (Lipinski definition) is 0. The van der Waals surface area contributed by atoms with Crippen LogP contribution >= 0.6 is 0 Å². The second kappa shape index (κ2) is 6.15. The Morgan fingerprint density at radius 2 is 2.10 bits per heavy atom. The highest BCUT2D eigenvalue weighted by Crippen LogP contribution is 2.29. The first-order chi connectivity index (χ1) is 9.49. The van der Waals surface area contributed by atoms with Gasteiger partial charge in [0.15, 0.2) is 0 Å². The van der Waals surface area contributed by atoms with E-state index < -0.39 is 8.07 Å². The van der Waals surface area contributed by atoms with Crippen LogP contribution < -0.4 is 0 Å². The average molecular weight is 282 g/mol. The minimum absolute atomic E-state index is 0.923. The smallest absolute Gasteiger partial charge is 0.0865 e. The van der Waals surface area contributed by atoms with E-state index in [4.69, 9.17) is 4.74 Å². The van der Waals surface area contributed by atoms with Crippen molar-refractivity contribution in [2.75, 3.05) is 7.11 Å². The Kier molecular flexibility index (Phi) is 4.52. The Morgan fingerprint density at radius 1 is 1.30 bits per heavy atom. The molecule has 0 heterocycles. The summed E-state index contributed by atoms with van der Waals surface area (Å²) in [5.41, 5.74) is 4.81. The van der Waals surface area contributed by atoms with Crippen molar-refractivity contribution in [1.82, 2.24) is 0 Å². The summed E-state index contributed by atoms with van der Waals surface area (Å²) in [6.07, 6.45) is 7.10. The van der Waals surface area contributed by atoms with Gasteiger partial charge in [-0.15, -0.1) is 5.92 Å². The molecule has 0 radical (unpaired) electrons. The average Bonchev–Trinajstić information content (AvgIpc) is 2.38. The summed E-state index contributed by atoms with van der Waals surface area (Å²) in [4.78, 5) is 0. The largest absolute Gasteiger partial charge is 0.504 e. The molecule has 0 bridgehead atoms. The Balaban J connectivity index is 2.29. The third kappa shape index (κ3) is 3.88. The maximum atomic E-state index is 5.18. The standard InChI is InChI=1S/C18H22OSi/c1-19-14-17-9-5-8-16-11-10-15(13-18(16)17)7-6-12-20(2,3)4/h5,8,10-11,13-14H,9,12H2,1-4H3. The van der Waals surface area contributed by atoms with Crippen LogP contribution in [0.4, 0.5) is 0 Å². The van der Waals surface area contributed by atoms with Crippen LogP contribution in [-0.2, 0) is 4.74 Å². The number of methoxy groups -OCH3 is 1. The van der Waals surface area contributed by atoms with Crippen LogP contribution in [-0.4, -0.2) is 15.2 Å². The van der Waals surface area contributed by atoms with Gasteiger partial charge >= 0.3 is 0 Å². The van der Waals surface area contributed by atoms with Crippen molar-refractivity contribution in [3.05, 3.63) is 47.2 Å². The SMILES string of the molecule is COC=C1CC=Cc2ccc(C#CC[Si](C)(C)C)cc21. The van der Waals surface area contributed by atoms with Gasteiger partial charge in [0.1, 0.15) is 0 Å². The Morgan fingerprint density at radius 3 is 2.80 bits per heavy atom. The zero-order valence-corrected chi connectivity index (χ0v) is 13.8. The molecule has 0 unspecified atom stereocenters. The van der Waals surface area contributed by atoms with Gasteiger partial charge < -0.3 is 4.74 Å². The Bertz CT molecular complexity index is 607. The van der Waals surface area contributed by atoms with Crippen molar-refractivity contribution < 1.29 is 4.74 Å². The van der Waals surface area contributed by atoms with E-state index in [2.05, 4.69) is 61.8 Å². The molecule has 104 valence electrons. The number of benzene rings is 1. The summed E-state index contributed by atoms with van der Waals surface area (Å²) in [7, 11) is 0.615. The molecule has 1 nitrogen and oxygen atoms in total. The van der Waals surface area contributed by atoms with E-state index >= 15 is 0 Å². The lowest BCUT2D eigenvalue weighted by Crippen LogP contribution is -2.17. The van der Waals surface area contributed by atoms with Crippen LogP contribution in [0.2, 0.25) is 25.7 Å². The number of allylic oxidation sites excluding steroid dienone is 2. The molecular weight excluding hydrogens is 260 g/mol. The molecule has 2 rings (SSSR count). The molecule has 0 N–H and O–H groups in total. The maximum absolute atomic E-state index is 5.18. The van der Waals surface area contributed by atoms with Crippen LogP contribution in [0.15, 0.2) is 30.5 Å². The molecule has 0 fully saturated rings. The summed E-state index contributed by atoms with van der Waals surface area (Å²) >= 11 is 0. The van der Waals surface area contributed by atoms with E-state index in [0.717, 1.165) is 18.0 Å². The van der Waals surface area contributed by atoms with E-state index in [-0.39, 0.29) is 0 Å². The third-order valence-corrected chi connectivity index (χ3v) is 4.38. The van der Waals surface area contributed by atoms with Crippen molar-refractivity contribution in [3.63, 3.8) is 0 Å². The van der Waals surface area contributed by atoms with Gasteiger partial charge in [0.25, 0.3) is 0 Å². The van der Waals surface area contributed by atoms with E-state index in [1.807, 2.05) is 6.26 Å². The van der Waals surface area contributed by atoms with Gasteiger partial charge in [-0.3, -0.25) is 0 Å². The molecule has 0 saturated carbocycles. The predicted octanol–water partition coefficient (Wildman–Crippen LogP) is 4.78. The lowest BCUT2D eigenvalue weighted by molar-refractivity contribution is 0.339. The predicted molar refractivity (Wildman–Crippen MR) is 90.1 cm³/mol. The normalized spacial score (nSPS) is 15.5. The molecule has 2 heteroatoms. The van der Waals surface area contributed by atoms with Crippen LogP contribution in [0.1, 0.15) is 23.1 Å².